The van der Waals surface area contributed by atoms with E-state index in [-0.39, 0.29) is 19.1 Å². The van der Waals surface area contributed by atoms with Crippen LogP contribution >= 0.6 is 11.3 Å². The molecule has 0 aliphatic rings. The predicted molar refractivity (Wildman–Crippen MR) is 113 cm³/mol. The van der Waals surface area contributed by atoms with E-state index in [1.54, 1.807) is 25.1 Å². The summed E-state index contributed by atoms with van der Waals surface area (Å²) in [5.41, 5.74) is 1.93. The zero-order valence-electron chi connectivity index (χ0n) is 16.1. The van der Waals surface area contributed by atoms with Crippen molar-refractivity contribution in [2.24, 2.45) is 0 Å². The lowest BCUT2D eigenvalue weighted by Crippen LogP contribution is -2.21. The molecule has 0 radical (unpaired) electrons. The van der Waals surface area contributed by atoms with Crippen LogP contribution in [0.1, 0.15) is 17.3 Å². The lowest BCUT2D eigenvalue weighted by atomic mass is 10.0. The molecule has 3 aromatic rings. The van der Waals surface area contributed by atoms with Gasteiger partial charge in [0, 0.05) is 10.9 Å². The van der Waals surface area contributed by atoms with Gasteiger partial charge in [0.05, 0.1) is 13.7 Å². The number of rotatable bonds is 8. The molecule has 29 heavy (non-hydrogen) atoms. The number of methoxy groups -OCH3 is 1. The van der Waals surface area contributed by atoms with Crippen molar-refractivity contribution < 1.29 is 23.8 Å². The van der Waals surface area contributed by atoms with Gasteiger partial charge >= 0.3 is 5.97 Å². The number of para-hydroxylation sites is 2. The van der Waals surface area contributed by atoms with Crippen LogP contribution in [-0.4, -0.2) is 32.2 Å². The number of carbonyl (C=O) groups excluding carboxylic acids is 2. The SMILES string of the molecule is CCOC(=O)c1c(-c2ccccc2)csc1NC(=O)COc1ccccc1OC. The Morgan fingerprint density at radius 3 is 2.38 bits per heavy atom. The molecule has 0 spiro atoms. The van der Waals surface area contributed by atoms with Crippen molar-refractivity contribution in [1.82, 2.24) is 0 Å². The normalized spacial score (nSPS) is 10.3. The first-order chi connectivity index (χ1) is 14.1. The smallest absolute Gasteiger partial charge is 0.341 e. The van der Waals surface area contributed by atoms with E-state index in [4.69, 9.17) is 14.2 Å². The third kappa shape index (κ3) is 4.94. The number of ether oxygens (including phenoxy) is 3. The molecule has 7 heteroatoms. The average molecular weight is 411 g/mol. The molecule has 0 bridgehead atoms. The second kappa shape index (κ2) is 9.75. The van der Waals surface area contributed by atoms with Gasteiger partial charge in [-0.1, -0.05) is 42.5 Å². The van der Waals surface area contributed by atoms with E-state index in [2.05, 4.69) is 5.32 Å². The molecule has 1 heterocycles. The van der Waals surface area contributed by atoms with E-state index < -0.39 is 5.97 Å². The number of esters is 1. The summed E-state index contributed by atoms with van der Waals surface area (Å²) in [6, 6.07) is 16.6. The van der Waals surface area contributed by atoms with Crippen molar-refractivity contribution in [2.45, 2.75) is 6.92 Å². The lowest BCUT2D eigenvalue weighted by molar-refractivity contribution is -0.118. The topological polar surface area (TPSA) is 73.9 Å². The van der Waals surface area contributed by atoms with Crippen molar-refractivity contribution in [3.63, 3.8) is 0 Å². The van der Waals surface area contributed by atoms with Crippen LogP contribution in [0.2, 0.25) is 0 Å². The second-order valence-electron chi connectivity index (χ2n) is 5.93. The Morgan fingerprint density at radius 1 is 1.00 bits per heavy atom. The number of benzene rings is 2. The number of hydrogen-bond acceptors (Lipinski definition) is 6. The van der Waals surface area contributed by atoms with E-state index in [1.165, 1.54) is 18.4 Å². The zero-order valence-corrected chi connectivity index (χ0v) is 17.0. The molecule has 1 aromatic heterocycles. The van der Waals surface area contributed by atoms with E-state index in [0.29, 0.717) is 22.1 Å². The van der Waals surface area contributed by atoms with E-state index >= 15 is 0 Å². The Labute approximate surface area is 173 Å². The minimum Gasteiger partial charge on any atom is -0.493 e. The number of amides is 1. The monoisotopic (exact) mass is 411 g/mol. The maximum Gasteiger partial charge on any atom is 0.341 e. The van der Waals surface area contributed by atoms with Gasteiger partial charge in [0.2, 0.25) is 0 Å². The van der Waals surface area contributed by atoms with Crippen molar-refractivity contribution >= 4 is 28.2 Å². The van der Waals surface area contributed by atoms with Crippen molar-refractivity contribution in [3.05, 3.63) is 65.5 Å². The predicted octanol–water partition coefficient (Wildman–Crippen LogP) is 4.62. The van der Waals surface area contributed by atoms with E-state index in [1.807, 2.05) is 41.8 Å². The van der Waals surface area contributed by atoms with Gasteiger partial charge in [0.15, 0.2) is 18.1 Å². The molecule has 0 saturated carbocycles. The number of carbonyl (C=O) groups is 2. The molecule has 6 nitrogen and oxygen atoms in total. The highest BCUT2D eigenvalue weighted by Crippen LogP contribution is 2.36. The van der Waals surface area contributed by atoms with Crippen molar-refractivity contribution in [3.8, 4) is 22.6 Å². The highest BCUT2D eigenvalue weighted by atomic mass is 32.1. The Balaban J connectivity index is 1.78. The Bertz CT molecular complexity index is 984. The van der Waals surface area contributed by atoms with Crippen LogP contribution < -0.4 is 14.8 Å². The zero-order chi connectivity index (χ0) is 20.6. The van der Waals surface area contributed by atoms with Crippen LogP contribution in [-0.2, 0) is 9.53 Å². The summed E-state index contributed by atoms with van der Waals surface area (Å²) in [7, 11) is 1.53. The molecule has 1 N–H and O–H groups in total. The molecule has 0 aliphatic carbocycles. The van der Waals surface area contributed by atoms with Gasteiger partial charge in [-0.2, -0.15) is 0 Å². The minimum absolute atomic E-state index is 0.221. The summed E-state index contributed by atoms with van der Waals surface area (Å²) in [6.07, 6.45) is 0. The Hall–Kier alpha value is -3.32. The fourth-order valence-corrected chi connectivity index (χ4v) is 3.70. The van der Waals surface area contributed by atoms with Crippen LogP contribution in [0.3, 0.4) is 0 Å². The molecular weight excluding hydrogens is 390 g/mol. The van der Waals surface area contributed by atoms with Crippen LogP contribution in [0.4, 0.5) is 5.00 Å². The maximum atomic E-state index is 12.6. The molecule has 0 saturated heterocycles. The number of anilines is 1. The second-order valence-corrected chi connectivity index (χ2v) is 6.81. The van der Waals surface area contributed by atoms with Crippen LogP contribution in [0.25, 0.3) is 11.1 Å². The quantitative estimate of drug-likeness (QED) is 0.548. The van der Waals surface area contributed by atoms with Gasteiger partial charge in [-0.25, -0.2) is 4.79 Å². The molecule has 3 rings (SSSR count). The molecule has 2 aromatic carbocycles. The number of nitrogens with one attached hydrogen (secondary N) is 1. The first-order valence-corrected chi connectivity index (χ1v) is 9.91. The minimum atomic E-state index is -0.478. The van der Waals surface area contributed by atoms with Crippen LogP contribution in [0.5, 0.6) is 11.5 Å². The summed E-state index contributed by atoms with van der Waals surface area (Å²) in [4.78, 5) is 25.0. The highest BCUT2D eigenvalue weighted by molar-refractivity contribution is 7.15. The molecule has 0 atom stereocenters. The van der Waals surface area contributed by atoms with Crippen LogP contribution in [0, 0.1) is 0 Å². The number of thiophene rings is 1. The van der Waals surface area contributed by atoms with Gasteiger partial charge in [-0.3, -0.25) is 4.79 Å². The lowest BCUT2D eigenvalue weighted by Gasteiger charge is -2.11. The van der Waals surface area contributed by atoms with Crippen LogP contribution in [0.15, 0.2) is 60.0 Å². The largest absolute Gasteiger partial charge is 0.493 e. The summed E-state index contributed by atoms with van der Waals surface area (Å²) < 4.78 is 16.0. The molecule has 0 unspecified atom stereocenters. The van der Waals surface area contributed by atoms with E-state index in [9.17, 15) is 9.59 Å². The van der Waals surface area contributed by atoms with Crippen molar-refractivity contribution in [1.29, 1.82) is 0 Å². The summed E-state index contributed by atoms with van der Waals surface area (Å²) >= 11 is 1.27. The van der Waals surface area contributed by atoms with Gasteiger partial charge in [0.1, 0.15) is 10.6 Å². The summed E-state index contributed by atoms with van der Waals surface area (Å²) in [5, 5.41) is 5.02. The van der Waals surface area contributed by atoms with Gasteiger partial charge in [-0.05, 0) is 24.6 Å². The Morgan fingerprint density at radius 2 is 1.69 bits per heavy atom. The molecular formula is C22H21NO5S. The van der Waals surface area contributed by atoms with Crippen molar-refractivity contribution in [2.75, 3.05) is 25.6 Å². The van der Waals surface area contributed by atoms with E-state index in [0.717, 1.165) is 11.1 Å². The first-order valence-electron chi connectivity index (χ1n) is 9.03. The number of hydrogen-bond donors (Lipinski definition) is 1. The molecule has 150 valence electrons. The van der Waals surface area contributed by atoms with Gasteiger partial charge < -0.3 is 19.5 Å². The fraction of sp³-hybridized carbons (Fsp3) is 0.182. The third-order valence-electron chi connectivity index (χ3n) is 4.04. The maximum absolute atomic E-state index is 12.6. The highest BCUT2D eigenvalue weighted by Gasteiger charge is 2.23. The average Bonchev–Trinajstić information content (AvgIpc) is 3.16. The first kappa shape index (κ1) is 20.4. The summed E-state index contributed by atoms with van der Waals surface area (Å²) in [5.74, 6) is 0.137. The summed E-state index contributed by atoms with van der Waals surface area (Å²) in [6.45, 7) is 1.76. The van der Waals surface area contributed by atoms with Gasteiger partial charge in [-0.15, -0.1) is 11.3 Å². The fourth-order valence-electron chi connectivity index (χ4n) is 2.73. The standard InChI is InChI=1S/C22H21NO5S/c1-3-27-22(25)20-16(15-9-5-4-6-10-15)14-29-21(20)23-19(24)13-28-18-12-8-7-11-17(18)26-2/h4-12,14H,3,13H2,1-2H3,(H,23,24). The molecule has 0 fully saturated rings. The third-order valence-corrected chi connectivity index (χ3v) is 4.93. The molecule has 0 aliphatic heterocycles. The van der Waals surface area contributed by atoms with Gasteiger partial charge in [0.25, 0.3) is 5.91 Å². The Kier molecular flexibility index (Phi) is 6.86. The molecule has 1 amide bonds.